The predicted octanol–water partition coefficient (Wildman–Crippen LogP) is 4.91. The number of rotatable bonds is 10. The molecule has 0 aliphatic heterocycles. The van der Waals surface area contributed by atoms with E-state index in [1.54, 1.807) is 30.1 Å². The van der Waals surface area contributed by atoms with Gasteiger partial charge in [0.1, 0.15) is 11.8 Å². The molecule has 0 saturated heterocycles. The van der Waals surface area contributed by atoms with Crippen LogP contribution in [-0.4, -0.2) is 35.1 Å². The van der Waals surface area contributed by atoms with Crippen LogP contribution in [0.25, 0.3) is 0 Å². The summed E-state index contributed by atoms with van der Waals surface area (Å²) >= 11 is 18.8. The topological polar surface area (TPSA) is 61.2 Å². The second kappa shape index (κ2) is 11.0. The highest BCUT2D eigenvalue weighted by molar-refractivity contribution is 6.35. The first-order chi connectivity index (χ1) is 14.5. The average molecular weight is 470 g/mol. The molecule has 0 radical (unpaired) electrons. The molecule has 0 saturated carbocycles. The minimum Gasteiger partial charge on any atom is -0.475 e. The summed E-state index contributed by atoms with van der Waals surface area (Å²) < 4.78 is 12.2. The Morgan fingerprint density at radius 2 is 1.90 bits per heavy atom. The Morgan fingerprint density at radius 3 is 2.60 bits per heavy atom. The Kier molecular flexibility index (Phi) is 8.36. The number of ether oxygens (including phenoxy) is 2. The fraction of sp³-hybridized carbons (Fsp3) is 0.333. The van der Waals surface area contributed by atoms with Gasteiger partial charge in [-0.05, 0) is 30.2 Å². The van der Waals surface area contributed by atoms with Crippen molar-refractivity contribution in [1.82, 2.24) is 20.1 Å². The van der Waals surface area contributed by atoms with Crippen LogP contribution in [0.5, 0.6) is 5.88 Å². The lowest BCUT2D eigenvalue weighted by atomic mass is 10.2. The van der Waals surface area contributed by atoms with E-state index in [2.05, 4.69) is 15.4 Å². The molecule has 1 aromatic carbocycles. The van der Waals surface area contributed by atoms with Crippen molar-refractivity contribution in [3.63, 3.8) is 0 Å². The van der Waals surface area contributed by atoms with Crippen LogP contribution in [0.3, 0.4) is 0 Å². The van der Waals surface area contributed by atoms with E-state index in [1.807, 2.05) is 25.1 Å². The molecule has 2 aromatic heterocycles. The van der Waals surface area contributed by atoms with Crippen LogP contribution in [0.15, 0.2) is 36.5 Å². The first-order valence-electron chi connectivity index (χ1n) is 9.41. The van der Waals surface area contributed by atoms with Gasteiger partial charge in [0.05, 0.1) is 18.8 Å². The lowest BCUT2D eigenvalue weighted by molar-refractivity contribution is 0.143. The summed E-state index contributed by atoms with van der Waals surface area (Å²) in [6, 6.07) is 9.22. The molecular formula is C21H23Cl3N4O2. The molecule has 2 heterocycles. The van der Waals surface area contributed by atoms with E-state index in [9.17, 15) is 0 Å². The average Bonchev–Trinajstić information content (AvgIpc) is 2.99. The van der Waals surface area contributed by atoms with Crippen LogP contribution >= 0.6 is 34.8 Å². The van der Waals surface area contributed by atoms with Crippen LogP contribution in [-0.2, 0) is 24.4 Å². The second-order valence-electron chi connectivity index (χ2n) is 6.70. The molecule has 3 aromatic rings. The fourth-order valence-corrected chi connectivity index (χ4v) is 3.64. The second-order valence-corrected chi connectivity index (χ2v) is 7.90. The van der Waals surface area contributed by atoms with Gasteiger partial charge < -0.3 is 14.8 Å². The Morgan fingerprint density at radius 1 is 1.07 bits per heavy atom. The first-order valence-corrected chi connectivity index (χ1v) is 10.5. The molecule has 0 fully saturated rings. The molecule has 0 spiro atoms. The Bertz CT molecular complexity index is 977. The number of aromatic nitrogens is 3. The molecule has 30 heavy (non-hydrogen) atoms. The van der Waals surface area contributed by atoms with Gasteiger partial charge in [0, 0.05) is 48.1 Å². The van der Waals surface area contributed by atoms with Crippen molar-refractivity contribution in [3.05, 3.63) is 74.1 Å². The lowest BCUT2D eigenvalue weighted by Crippen LogP contribution is -2.14. The molecule has 0 aliphatic rings. The van der Waals surface area contributed by atoms with Crippen LogP contribution < -0.4 is 10.1 Å². The van der Waals surface area contributed by atoms with E-state index in [0.29, 0.717) is 53.9 Å². The molecule has 6 nitrogen and oxygen atoms in total. The standard InChI is InChI=1S/C21H23Cl3N4O2/c1-14-18(12-25-10-15-3-6-20(26-11-15)30-8-7-29-2)21(24)28(27-14)13-16-4-5-17(22)9-19(16)23/h3-6,9,11,25H,7-8,10,12-13H2,1-2H3. The van der Waals surface area contributed by atoms with Crippen molar-refractivity contribution in [2.24, 2.45) is 0 Å². The zero-order valence-corrected chi connectivity index (χ0v) is 19.1. The minimum atomic E-state index is 0.476. The number of aryl methyl sites for hydroxylation is 1. The third-order valence-corrected chi connectivity index (χ3v) is 5.49. The van der Waals surface area contributed by atoms with Gasteiger partial charge in [-0.1, -0.05) is 46.9 Å². The van der Waals surface area contributed by atoms with Gasteiger partial charge in [0.25, 0.3) is 0 Å². The summed E-state index contributed by atoms with van der Waals surface area (Å²) in [5.74, 6) is 0.580. The number of hydrogen-bond acceptors (Lipinski definition) is 5. The van der Waals surface area contributed by atoms with Crippen molar-refractivity contribution in [3.8, 4) is 5.88 Å². The van der Waals surface area contributed by atoms with E-state index in [0.717, 1.165) is 22.4 Å². The minimum absolute atomic E-state index is 0.476. The van der Waals surface area contributed by atoms with Gasteiger partial charge in [0.2, 0.25) is 5.88 Å². The normalized spacial score (nSPS) is 11.1. The zero-order chi connectivity index (χ0) is 21.5. The van der Waals surface area contributed by atoms with Crippen molar-refractivity contribution in [1.29, 1.82) is 0 Å². The van der Waals surface area contributed by atoms with Crippen LogP contribution in [0.2, 0.25) is 15.2 Å². The number of nitrogens with zero attached hydrogens (tertiary/aromatic N) is 3. The van der Waals surface area contributed by atoms with E-state index < -0.39 is 0 Å². The smallest absolute Gasteiger partial charge is 0.213 e. The molecule has 0 unspecified atom stereocenters. The maximum Gasteiger partial charge on any atom is 0.213 e. The molecular weight excluding hydrogens is 447 g/mol. The first kappa shape index (κ1) is 22.8. The Labute approximate surface area is 191 Å². The molecule has 0 amide bonds. The highest BCUT2D eigenvalue weighted by atomic mass is 35.5. The Hall–Kier alpha value is -1.83. The maximum atomic E-state index is 6.58. The monoisotopic (exact) mass is 468 g/mol. The quantitative estimate of drug-likeness (QED) is 0.428. The molecule has 0 atom stereocenters. The maximum absolute atomic E-state index is 6.58. The van der Waals surface area contributed by atoms with Gasteiger partial charge in [-0.15, -0.1) is 0 Å². The van der Waals surface area contributed by atoms with Crippen molar-refractivity contribution in [2.45, 2.75) is 26.6 Å². The molecule has 3 rings (SSSR count). The summed E-state index contributed by atoms with van der Waals surface area (Å²) in [5.41, 5.74) is 3.78. The number of hydrogen-bond donors (Lipinski definition) is 1. The third-order valence-electron chi connectivity index (χ3n) is 4.48. The largest absolute Gasteiger partial charge is 0.475 e. The van der Waals surface area contributed by atoms with E-state index in [4.69, 9.17) is 44.3 Å². The third kappa shape index (κ3) is 6.09. The van der Waals surface area contributed by atoms with Crippen LogP contribution in [0, 0.1) is 6.92 Å². The van der Waals surface area contributed by atoms with Crippen LogP contribution in [0.1, 0.15) is 22.4 Å². The summed E-state index contributed by atoms with van der Waals surface area (Å²) in [5, 5.41) is 9.72. The van der Waals surface area contributed by atoms with E-state index in [1.165, 1.54) is 0 Å². The number of methoxy groups -OCH3 is 1. The SMILES string of the molecule is COCCOc1ccc(CNCc2c(C)nn(Cc3ccc(Cl)cc3Cl)c2Cl)cn1. The number of halogens is 3. The summed E-state index contributed by atoms with van der Waals surface area (Å²) in [4.78, 5) is 4.29. The molecule has 0 bridgehead atoms. The van der Waals surface area contributed by atoms with E-state index >= 15 is 0 Å². The summed E-state index contributed by atoms with van der Waals surface area (Å²) in [7, 11) is 1.63. The Balaban J connectivity index is 1.57. The zero-order valence-electron chi connectivity index (χ0n) is 16.8. The molecule has 160 valence electrons. The summed E-state index contributed by atoms with van der Waals surface area (Å²) in [6.07, 6.45) is 1.79. The van der Waals surface area contributed by atoms with Gasteiger partial charge in [0.15, 0.2) is 0 Å². The predicted molar refractivity (Wildman–Crippen MR) is 120 cm³/mol. The van der Waals surface area contributed by atoms with Gasteiger partial charge in [-0.25, -0.2) is 9.67 Å². The number of pyridine rings is 1. The highest BCUT2D eigenvalue weighted by Gasteiger charge is 2.14. The fourth-order valence-electron chi connectivity index (χ4n) is 2.87. The van der Waals surface area contributed by atoms with Gasteiger partial charge in [-0.3, -0.25) is 0 Å². The van der Waals surface area contributed by atoms with Crippen molar-refractivity contribution in [2.75, 3.05) is 20.3 Å². The molecule has 9 heteroatoms. The summed E-state index contributed by atoms with van der Waals surface area (Å²) in [6.45, 7) is 4.66. The number of nitrogens with one attached hydrogen (secondary N) is 1. The molecule has 0 aliphatic carbocycles. The molecule has 1 N–H and O–H groups in total. The van der Waals surface area contributed by atoms with Crippen LogP contribution in [0.4, 0.5) is 0 Å². The van der Waals surface area contributed by atoms with E-state index in [-0.39, 0.29) is 0 Å². The van der Waals surface area contributed by atoms with Crippen molar-refractivity contribution >= 4 is 34.8 Å². The lowest BCUT2D eigenvalue weighted by Gasteiger charge is -2.08. The number of benzene rings is 1. The van der Waals surface area contributed by atoms with Crippen molar-refractivity contribution < 1.29 is 9.47 Å². The van der Waals surface area contributed by atoms with Gasteiger partial charge in [-0.2, -0.15) is 5.10 Å². The van der Waals surface area contributed by atoms with Gasteiger partial charge >= 0.3 is 0 Å². The highest BCUT2D eigenvalue weighted by Crippen LogP contribution is 2.25.